The number of piperidine rings is 1. The first kappa shape index (κ1) is 13.4. The summed E-state index contributed by atoms with van der Waals surface area (Å²) in [5, 5.41) is 0. The monoisotopic (exact) mass is 237 g/mol. The van der Waals surface area contributed by atoms with Crippen molar-refractivity contribution in [3.05, 3.63) is 0 Å². The van der Waals surface area contributed by atoms with Crippen LogP contribution in [0.15, 0.2) is 0 Å². The second-order valence-corrected chi connectivity index (χ2v) is 6.76. The largest absolute Gasteiger partial charge is 0.300 e. The van der Waals surface area contributed by atoms with E-state index in [1.165, 1.54) is 58.0 Å². The Hall–Kier alpha value is -0.0400. The average molecular weight is 237 g/mol. The first-order chi connectivity index (χ1) is 8.18. The van der Waals surface area contributed by atoms with Crippen LogP contribution in [0.5, 0.6) is 0 Å². The SMILES string of the molecule is CC(C)C1CCN(C(C)C2CCCCC2)CC1. The summed E-state index contributed by atoms with van der Waals surface area (Å²) in [7, 11) is 0. The van der Waals surface area contributed by atoms with Crippen LogP contribution in [-0.2, 0) is 0 Å². The first-order valence-corrected chi connectivity index (χ1v) is 7.92. The number of nitrogens with zero attached hydrogens (tertiary/aromatic N) is 1. The van der Waals surface area contributed by atoms with E-state index in [1.807, 2.05) is 0 Å². The molecule has 1 nitrogen and oxygen atoms in total. The van der Waals surface area contributed by atoms with Crippen molar-refractivity contribution in [2.24, 2.45) is 17.8 Å². The molecule has 1 heteroatoms. The summed E-state index contributed by atoms with van der Waals surface area (Å²) >= 11 is 0. The van der Waals surface area contributed by atoms with Crippen molar-refractivity contribution in [1.29, 1.82) is 0 Å². The topological polar surface area (TPSA) is 3.24 Å². The summed E-state index contributed by atoms with van der Waals surface area (Å²) in [5.74, 6) is 2.88. The highest BCUT2D eigenvalue weighted by Gasteiger charge is 2.29. The Kier molecular flexibility index (Phi) is 4.90. The predicted octanol–water partition coefficient (Wildman–Crippen LogP) is 4.32. The summed E-state index contributed by atoms with van der Waals surface area (Å²) < 4.78 is 0. The molecular weight excluding hydrogens is 206 g/mol. The summed E-state index contributed by atoms with van der Waals surface area (Å²) in [6.07, 6.45) is 10.3. The molecular formula is C16H31N. The van der Waals surface area contributed by atoms with Crippen LogP contribution in [-0.4, -0.2) is 24.0 Å². The van der Waals surface area contributed by atoms with Crippen LogP contribution in [0.25, 0.3) is 0 Å². The minimum absolute atomic E-state index is 0.850. The van der Waals surface area contributed by atoms with Gasteiger partial charge in [-0.1, -0.05) is 33.1 Å². The molecule has 0 N–H and O–H groups in total. The highest BCUT2D eigenvalue weighted by molar-refractivity contribution is 4.82. The maximum Gasteiger partial charge on any atom is 0.00951 e. The summed E-state index contributed by atoms with van der Waals surface area (Å²) in [6, 6.07) is 0.850. The Balaban J connectivity index is 1.79. The Morgan fingerprint density at radius 3 is 1.88 bits per heavy atom. The fraction of sp³-hybridized carbons (Fsp3) is 1.00. The molecule has 0 aromatic rings. The zero-order valence-electron chi connectivity index (χ0n) is 12.1. The third-order valence-electron chi connectivity index (χ3n) is 5.43. The molecule has 2 rings (SSSR count). The van der Waals surface area contributed by atoms with Gasteiger partial charge in [0.15, 0.2) is 0 Å². The van der Waals surface area contributed by atoms with Gasteiger partial charge in [0.2, 0.25) is 0 Å². The maximum absolute atomic E-state index is 2.79. The molecule has 1 aliphatic carbocycles. The van der Waals surface area contributed by atoms with E-state index < -0.39 is 0 Å². The van der Waals surface area contributed by atoms with Gasteiger partial charge in [0.25, 0.3) is 0 Å². The molecule has 0 radical (unpaired) electrons. The van der Waals surface area contributed by atoms with E-state index in [1.54, 1.807) is 0 Å². The van der Waals surface area contributed by atoms with E-state index in [4.69, 9.17) is 0 Å². The van der Waals surface area contributed by atoms with Crippen molar-refractivity contribution in [1.82, 2.24) is 4.90 Å². The fourth-order valence-electron chi connectivity index (χ4n) is 3.91. The predicted molar refractivity (Wildman–Crippen MR) is 75.2 cm³/mol. The molecule has 1 saturated carbocycles. The van der Waals surface area contributed by atoms with Gasteiger partial charge in [-0.3, -0.25) is 0 Å². The van der Waals surface area contributed by atoms with Gasteiger partial charge in [0.1, 0.15) is 0 Å². The lowest BCUT2D eigenvalue weighted by atomic mass is 9.81. The van der Waals surface area contributed by atoms with Gasteiger partial charge in [-0.15, -0.1) is 0 Å². The fourth-order valence-corrected chi connectivity index (χ4v) is 3.91. The molecule has 1 aliphatic heterocycles. The van der Waals surface area contributed by atoms with E-state index in [2.05, 4.69) is 25.7 Å². The molecule has 17 heavy (non-hydrogen) atoms. The van der Waals surface area contributed by atoms with E-state index in [-0.39, 0.29) is 0 Å². The third kappa shape index (κ3) is 3.47. The quantitative estimate of drug-likeness (QED) is 0.706. The van der Waals surface area contributed by atoms with E-state index >= 15 is 0 Å². The van der Waals surface area contributed by atoms with Gasteiger partial charge in [0, 0.05) is 6.04 Å². The molecule has 0 amide bonds. The molecule has 1 saturated heterocycles. The van der Waals surface area contributed by atoms with E-state index in [0.717, 1.165) is 23.8 Å². The van der Waals surface area contributed by atoms with Crippen LogP contribution < -0.4 is 0 Å². The smallest absolute Gasteiger partial charge is 0.00951 e. The molecule has 2 fully saturated rings. The Morgan fingerprint density at radius 1 is 0.765 bits per heavy atom. The van der Waals surface area contributed by atoms with Crippen molar-refractivity contribution >= 4 is 0 Å². The van der Waals surface area contributed by atoms with Gasteiger partial charge < -0.3 is 4.90 Å². The van der Waals surface area contributed by atoms with Crippen molar-refractivity contribution in [3.63, 3.8) is 0 Å². The van der Waals surface area contributed by atoms with Crippen LogP contribution in [0.3, 0.4) is 0 Å². The zero-order valence-corrected chi connectivity index (χ0v) is 12.1. The first-order valence-electron chi connectivity index (χ1n) is 7.92. The Labute approximate surface area is 108 Å². The Bertz CT molecular complexity index is 210. The molecule has 1 unspecified atom stereocenters. The van der Waals surface area contributed by atoms with Crippen molar-refractivity contribution in [2.75, 3.05) is 13.1 Å². The molecule has 100 valence electrons. The molecule has 0 spiro atoms. The van der Waals surface area contributed by atoms with E-state index in [9.17, 15) is 0 Å². The number of likely N-dealkylation sites (tertiary alicyclic amines) is 1. The summed E-state index contributed by atoms with van der Waals surface area (Å²) in [5.41, 5.74) is 0. The van der Waals surface area contributed by atoms with Crippen LogP contribution in [0.1, 0.15) is 65.7 Å². The number of hydrogen-bond acceptors (Lipinski definition) is 1. The van der Waals surface area contributed by atoms with Gasteiger partial charge >= 0.3 is 0 Å². The van der Waals surface area contributed by atoms with Gasteiger partial charge in [-0.2, -0.15) is 0 Å². The van der Waals surface area contributed by atoms with Gasteiger partial charge in [0.05, 0.1) is 0 Å². The van der Waals surface area contributed by atoms with Crippen molar-refractivity contribution in [2.45, 2.75) is 71.8 Å². The van der Waals surface area contributed by atoms with Crippen LogP contribution in [0.2, 0.25) is 0 Å². The van der Waals surface area contributed by atoms with Crippen LogP contribution >= 0.6 is 0 Å². The molecule has 1 heterocycles. The molecule has 0 aromatic heterocycles. The average Bonchev–Trinajstić information content (AvgIpc) is 2.39. The number of hydrogen-bond donors (Lipinski definition) is 0. The van der Waals surface area contributed by atoms with Crippen LogP contribution in [0, 0.1) is 17.8 Å². The molecule has 0 aromatic carbocycles. The van der Waals surface area contributed by atoms with Crippen molar-refractivity contribution < 1.29 is 0 Å². The Morgan fingerprint density at radius 2 is 1.35 bits per heavy atom. The highest BCUT2D eigenvalue weighted by Crippen LogP contribution is 2.32. The zero-order chi connectivity index (χ0) is 12.3. The summed E-state index contributed by atoms with van der Waals surface area (Å²) in [4.78, 5) is 2.79. The highest BCUT2D eigenvalue weighted by atomic mass is 15.2. The lowest BCUT2D eigenvalue weighted by Crippen LogP contribution is -2.44. The molecule has 2 aliphatic rings. The van der Waals surface area contributed by atoms with E-state index in [0.29, 0.717) is 0 Å². The second-order valence-electron chi connectivity index (χ2n) is 6.76. The standard InChI is InChI=1S/C16H31N/c1-13(2)15-9-11-17(12-10-15)14(3)16-7-5-4-6-8-16/h13-16H,4-12H2,1-3H3. The van der Waals surface area contributed by atoms with Gasteiger partial charge in [-0.05, 0) is 63.5 Å². The third-order valence-corrected chi connectivity index (χ3v) is 5.43. The normalized spacial score (nSPS) is 27.5. The van der Waals surface area contributed by atoms with Gasteiger partial charge in [-0.25, -0.2) is 0 Å². The van der Waals surface area contributed by atoms with Crippen LogP contribution in [0.4, 0.5) is 0 Å². The lowest BCUT2D eigenvalue weighted by Gasteiger charge is -2.41. The van der Waals surface area contributed by atoms with Crippen molar-refractivity contribution in [3.8, 4) is 0 Å². The minimum Gasteiger partial charge on any atom is -0.300 e. The molecule has 1 atom stereocenters. The lowest BCUT2D eigenvalue weighted by molar-refractivity contribution is 0.0788. The number of rotatable bonds is 3. The molecule has 0 bridgehead atoms. The maximum atomic E-state index is 2.79. The minimum atomic E-state index is 0.850. The summed E-state index contributed by atoms with van der Waals surface area (Å²) in [6.45, 7) is 10.0. The second kappa shape index (κ2) is 6.22.